The molecule has 1 amide bonds. The zero-order valence-corrected chi connectivity index (χ0v) is 20.5. The zero-order valence-electron chi connectivity index (χ0n) is 19.7. The number of aromatic amines is 1. The molecule has 0 bridgehead atoms. The number of nitrogens with one attached hydrogen (secondary N) is 2. The molecular formula is C26H29N7OS. The largest absolute Gasteiger partial charge is 0.340 e. The highest BCUT2D eigenvalue weighted by atomic mass is 32.1. The molecule has 3 aromatic heterocycles. The number of nitrogens with zero attached hydrogens (tertiary/aromatic N) is 5. The van der Waals surface area contributed by atoms with E-state index in [-0.39, 0.29) is 5.92 Å². The lowest BCUT2D eigenvalue weighted by molar-refractivity contribution is -0.143. The number of aromatic nitrogens is 4. The van der Waals surface area contributed by atoms with Gasteiger partial charge in [-0.2, -0.15) is 5.10 Å². The number of H-pyrrole nitrogens is 1. The second-order valence-corrected chi connectivity index (χ2v) is 11.2. The summed E-state index contributed by atoms with van der Waals surface area (Å²) in [5.41, 5.74) is 3.30. The molecule has 4 aromatic rings. The summed E-state index contributed by atoms with van der Waals surface area (Å²) in [4.78, 5) is 29.4. The Morgan fingerprint density at radius 3 is 2.91 bits per heavy atom. The maximum atomic E-state index is 13.3. The predicted octanol–water partition coefficient (Wildman–Crippen LogP) is 4.11. The summed E-state index contributed by atoms with van der Waals surface area (Å²) < 4.78 is 0. The van der Waals surface area contributed by atoms with Crippen LogP contribution in [0.3, 0.4) is 0 Å². The van der Waals surface area contributed by atoms with Crippen LogP contribution in [0.4, 0.5) is 11.5 Å². The molecule has 5 heterocycles. The minimum absolute atomic E-state index is 0.0886. The molecule has 1 unspecified atom stereocenters. The highest BCUT2D eigenvalue weighted by Gasteiger charge is 2.39. The third-order valence-electron chi connectivity index (χ3n) is 7.98. The third-order valence-corrected chi connectivity index (χ3v) is 9.14. The number of fused-ring (bicyclic) bond motifs is 4. The number of hydrogen-bond donors (Lipinski definition) is 2. The minimum Gasteiger partial charge on any atom is -0.340 e. The molecule has 0 spiro atoms. The topological polar surface area (TPSA) is 90.0 Å². The Hall–Kier alpha value is -3.04. The van der Waals surface area contributed by atoms with Crippen molar-refractivity contribution in [3.8, 4) is 0 Å². The molecule has 8 nitrogen and oxygen atoms in total. The van der Waals surface area contributed by atoms with Crippen molar-refractivity contribution in [2.24, 2.45) is 5.92 Å². The van der Waals surface area contributed by atoms with Gasteiger partial charge < -0.3 is 10.2 Å². The lowest BCUT2D eigenvalue weighted by Gasteiger charge is -2.47. The molecule has 2 saturated heterocycles. The van der Waals surface area contributed by atoms with Gasteiger partial charge in [0.1, 0.15) is 17.0 Å². The average Bonchev–Trinajstić information content (AvgIpc) is 3.47. The van der Waals surface area contributed by atoms with Crippen molar-refractivity contribution in [1.82, 2.24) is 30.0 Å². The van der Waals surface area contributed by atoms with Crippen LogP contribution < -0.4 is 5.32 Å². The summed E-state index contributed by atoms with van der Waals surface area (Å²) in [6.45, 7) is 4.23. The van der Waals surface area contributed by atoms with Crippen LogP contribution in [0.15, 0.2) is 30.7 Å². The van der Waals surface area contributed by atoms with E-state index in [1.54, 1.807) is 17.7 Å². The monoisotopic (exact) mass is 487 g/mol. The van der Waals surface area contributed by atoms with Crippen molar-refractivity contribution in [3.05, 3.63) is 41.2 Å². The van der Waals surface area contributed by atoms with E-state index in [1.165, 1.54) is 42.8 Å². The van der Waals surface area contributed by atoms with Crippen LogP contribution in [-0.2, 0) is 17.6 Å². The van der Waals surface area contributed by atoms with Crippen molar-refractivity contribution in [3.63, 3.8) is 0 Å². The van der Waals surface area contributed by atoms with Crippen LogP contribution in [0.5, 0.6) is 0 Å². The molecule has 7 rings (SSSR count). The highest BCUT2D eigenvalue weighted by molar-refractivity contribution is 7.19. The van der Waals surface area contributed by atoms with Gasteiger partial charge in [-0.15, -0.1) is 11.3 Å². The van der Waals surface area contributed by atoms with E-state index in [4.69, 9.17) is 0 Å². The van der Waals surface area contributed by atoms with Gasteiger partial charge in [-0.25, -0.2) is 9.97 Å². The second kappa shape index (κ2) is 8.57. The maximum absolute atomic E-state index is 13.3. The van der Waals surface area contributed by atoms with Crippen LogP contribution >= 0.6 is 11.3 Å². The van der Waals surface area contributed by atoms with E-state index in [1.807, 2.05) is 18.3 Å². The summed E-state index contributed by atoms with van der Waals surface area (Å²) in [6.07, 6.45) is 10.0. The fraction of sp³-hybridized carbons (Fsp3) is 0.462. The first-order chi connectivity index (χ1) is 17.2. The molecule has 1 aromatic carbocycles. The van der Waals surface area contributed by atoms with Crippen LogP contribution in [-0.4, -0.2) is 68.1 Å². The average molecular weight is 488 g/mol. The summed E-state index contributed by atoms with van der Waals surface area (Å²) in [6, 6.07) is 6.71. The van der Waals surface area contributed by atoms with Crippen molar-refractivity contribution in [1.29, 1.82) is 0 Å². The SMILES string of the molecule is O=C(C1CCc2c(sc3ncnc(Nc4ccc5[nH]ncc5c4)c23)C1)N1CC(N2CCCCC2)C1. The van der Waals surface area contributed by atoms with E-state index in [9.17, 15) is 4.79 Å². The van der Waals surface area contributed by atoms with Gasteiger partial charge >= 0.3 is 0 Å². The first-order valence-corrected chi connectivity index (χ1v) is 13.5. The number of carbonyl (C=O) groups excluding carboxylic acids is 1. The van der Waals surface area contributed by atoms with Gasteiger partial charge in [0, 0.05) is 41.0 Å². The Morgan fingerprint density at radius 1 is 1.14 bits per heavy atom. The van der Waals surface area contributed by atoms with Crippen molar-refractivity contribution in [2.75, 3.05) is 31.5 Å². The van der Waals surface area contributed by atoms with E-state index in [2.05, 4.69) is 41.3 Å². The van der Waals surface area contributed by atoms with Gasteiger partial charge in [-0.1, -0.05) is 6.42 Å². The highest BCUT2D eigenvalue weighted by Crippen LogP contribution is 2.41. The van der Waals surface area contributed by atoms with Crippen LogP contribution in [0.2, 0.25) is 0 Å². The Morgan fingerprint density at radius 2 is 2.03 bits per heavy atom. The number of amides is 1. The summed E-state index contributed by atoms with van der Waals surface area (Å²) in [5.74, 6) is 1.28. The van der Waals surface area contributed by atoms with Crippen LogP contribution in [0.25, 0.3) is 21.1 Å². The molecule has 9 heteroatoms. The molecular weight excluding hydrogens is 458 g/mol. The van der Waals surface area contributed by atoms with Gasteiger partial charge in [0.2, 0.25) is 5.91 Å². The molecule has 0 radical (unpaired) electrons. The van der Waals surface area contributed by atoms with Crippen LogP contribution in [0.1, 0.15) is 36.1 Å². The summed E-state index contributed by atoms with van der Waals surface area (Å²) in [5, 5.41) is 12.8. The molecule has 0 saturated carbocycles. The maximum Gasteiger partial charge on any atom is 0.226 e. The normalized spacial score (nSPS) is 21.3. The number of hydrogen-bond acceptors (Lipinski definition) is 7. The number of benzene rings is 1. The predicted molar refractivity (Wildman–Crippen MR) is 138 cm³/mol. The van der Waals surface area contributed by atoms with Gasteiger partial charge in [0.15, 0.2) is 0 Å². The molecule has 2 fully saturated rings. The number of carbonyl (C=O) groups is 1. The molecule has 2 aliphatic heterocycles. The molecule has 1 aliphatic carbocycles. The number of likely N-dealkylation sites (tertiary alicyclic amines) is 2. The Kier molecular flexibility index (Phi) is 5.20. The number of thiophene rings is 1. The van der Waals surface area contributed by atoms with Gasteiger partial charge in [0.25, 0.3) is 0 Å². The van der Waals surface area contributed by atoms with Gasteiger partial charge in [-0.05, 0) is 69.0 Å². The quantitative estimate of drug-likeness (QED) is 0.450. The fourth-order valence-corrected chi connectivity index (χ4v) is 7.25. The molecule has 3 aliphatic rings. The zero-order chi connectivity index (χ0) is 23.4. The van der Waals surface area contributed by atoms with E-state index in [0.29, 0.717) is 11.9 Å². The fourth-order valence-electron chi connectivity index (χ4n) is 5.98. The van der Waals surface area contributed by atoms with Gasteiger partial charge in [-0.3, -0.25) is 14.8 Å². The number of rotatable bonds is 4. The minimum atomic E-state index is 0.0886. The lowest BCUT2D eigenvalue weighted by atomic mass is 9.86. The third kappa shape index (κ3) is 3.77. The Bertz CT molecular complexity index is 1400. The van der Waals surface area contributed by atoms with Crippen molar-refractivity contribution >= 4 is 49.9 Å². The van der Waals surface area contributed by atoms with Crippen molar-refractivity contribution < 1.29 is 4.79 Å². The number of anilines is 2. The first kappa shape index (κ1) is 21.3. The van der Waals surface area contributed by atoms with E-state index in [0.717, 1.165) is 65.0 Å². The number of piperidine rings is 1. The first-order valence-electron chi connectivity index (χ1n) is 12.7. The molecule has 2 N–H and O–H groups in total. The smallest absolute Gasteiger partial charge is 0.226 e. The summed E-state index contributed by atoms with van der Waals surface area (Å²) >= 11 is 1.73. The Labute approximate surface area is 207 Å². The van der Waals surface area contributed by atoms with E-state index >= 15 is 0 Å². The van der Waals surface area contributed by atoms with Crippen LogP contribution in [0, 0.1) is 5.92 Å². The number of aryl methyl sites for hydroxylation is 1. The molecule has 35 heavy (non-hydrogen) atoms. The van der Waals surface area contributed by atoms with Gasteiger partial charge in [0.05, 0.1) is 17.1 Å². The Balaban J connectivity index is 1.08. The standard InChI is InChI=1S/C26H29N7OS/c34-26(33-13-19(14-33)32-8-2-1-3-9-32)16-4-6-20-22(11-16)35-25-23(20)24(27-15-28-25)30-18-5-7-21-17(10-18)12-29-31-21/h5,7,10,12,15-16,19H,1-4,6,8-9,11,13-14H2,(H,29,31)(H,27,28,30). The lowest BCUT2D eigenvalue weighted by Crippen LogP contribution is -2.63. The van der Waals surface area contributed by atoms with Crippen molar-refractivity contribution in [2.45, 2.75) is 44.6 Å². The second-order valence-electron chi connectivity index (χ2n) is 10.1. The molecule has 180 valence electrons. The molecule has 1 atom stereocenters. The van der Waals surface area contributed by atoms with E-state index < -0.39 is 0 Å². The summed E-state index contributed by atoms with van der Waals surface area (Å²) in [7, 11) is 0.